The number of hydrogen-bond donors (Lipinski definition) is 1. The molecule has 1 saturated carbocycles. The normalized spacial score (nSPS) is 31.6. The van der Waals surface area contributed by atoms with Crippen molar-refractivity contribution < 1.29 is 9.59 Å². The second-order valence-electron chi connectivity index (χ2n) is 8.25. The molecule has 0 spiro atoms. The van der Waals surface area contributed by atoms with Crippen LogP contribution in [0.25, 0.3) is 0 Å². The van der Waals surface area contributed by atoms with E-state index < -0.39 is 0 Å². The average molecular weight is 392 g/mol. The summed E-state index contributed by atoms with van der Waals surface area (Å²) in [5.74, 6) is 1.42. The highest BCUT2D eigenvalue weighted by molar-refractivity contribution is 7.19. The van der Waals surface area contributed by atoms with Crippen LogP contribution in [0.3, 0.4) is 0 Å². The van der Waals surface area contributed by atoms with Gasteiger partial charge in [0.15, 0.2) is 0 Å². The van der Waals surface area contributed by atoms with Crippen molar-refractivity contribution in [2.75, 3.05) is 22.9 Å². The topological polar surface area (TPSA) is 78.4 Å². The molecule has 1 aromatic rings. The zero-order chi connectivity index (χ0) is 19.0. The van der Waals surface area contributed by atoms with Gasteiger partial charge < -0.3 is 10.2 Å². The first-order valence-electron chi connectivity index (χ1n) is 10.3. The van der Waals surface area contributed by atoms with E-state index in [1.54, 1.807) is 4.90 Å². The van der Waals surface area contributed by atoms with Crippen molar-refractivity contribution in [2.24, 2.45) is 11.8 Å². The fraction of sp³-hybridized carbons (Fsp3) is 0.789. The minimum Gasteiger partial charge on any atom is -0.351 e. The number of aromatic nitrogens is 2. The molecule has 1 N–H and O–H groups in total. The lowest BCUT2D eigenvalue weighted by Crippen LogP contribution is -2.50. The molecule has 4 atom stereocenters. The first kappa shape index (κ1) is 18.7. The van der Waals surface area contributed by atoms with Crippen LogP contribution < -0.4 is 15.1 Å². The summed E-state index contributed by atoms with van der Waals surface area (Å²) in [5.41, 5.74) is 0. The van der Waals surface area contributed by atoms with Crippen molar-refractivity contribution in [3.8, 4) is 0 Å². The van der Waals surface area contributed by atoms with E-state index in [4.69, 9.17) is 0 Å². The molecule has 2 amide bonds. The second-order valence-corrected chi connectivity index (χ2v) is 9.18. The van der Waals surface area contributed by atoms with Crippen LogP contribution in [0.2, 0.25) is 0 Å². The predicted molar refractivity (Wildman–Crippen MR) is 106 cm³/mol. The number of hydrogen-bond acceptors (Lipinski definition) is 6. The molecule has 3 heterocycles. The van der Waals surface area contributed by atoms with E-state index in [1.807, 2.05) is 0 Å². The molecule has 8 heteroatoms. The Balaban J connectivity index is 1.43. The standard InChI is InChI=1S/C19H29N5O2S/c1-12-6-3-7-14(13(12)2)20-17(26)15-8-4-10-23(15)18-21-22-19(27-18)24-11-5-9-16(24)25/h12-15H,3-11H2,1-2H3,(H,20,26). The highest BCUT2D eigenvalue weighted by Crippen LogP contribution is 2.34. The number of nitrogens with one attached hydrogen (secondary N) is 1. The lowest BCUT2D eigenvalue weighted by atomic mass is 9.78. The second kappa shape index (κ2) is 7.73. The summed E-state index contributed by atoms with van der Waals surface area (Å²) in [5, 5.41) is 13.3. The van der Waals surface area contributed by atoms with Crippen molar-refractivity contribution >= 4 is 33.4 Å². The quantitative estimate of drug-likeness (QED) is 0.853. The molecular weight excluding hydrogens is 362 g/mol. The van der Waals surface area contributed by atoms with Gasteiger partial charge in [0.25, 0.3) is 0 Å². The SMILES string of the molecule is CC1CCCC(NC(=O)C2CCCN2c2nnc(N3CCCC3=O)s2)C1C. The Labute approximate surface area is 164 Å². The maximum absolute atomic E-state index is 13.0. The largest absolute Gasteiger partial charge is 0.351 e. The van der Waals surface area contributed by atoms with Gasteiger partial charge in [-0.1, -0.05) is 38.0 Å². The summed E-state index contributed by atoms with van der Waals surface area (Å²) in [6.07, 6.45) is 6.80. The van der Waals surface area contributed by atoms with Gasteiger partial charge >= 0.3 is 0 Å². The Bertz CT molecular complexity index is 708. The molecular formula is C19H29N5O2S. The minimum absolute atomic E-state index is 0.118. The Morgan fingerprint density at radius 2 is 1.89 bits per heavy atom. The summed E-state index contributed by atoms with van der Waals surface area (Å²) < 4.78 is 0. The Morgan fingerprint density at radius 1 is 1.07 bits per heavy atom. The average Bonchev–Trinajstić information content (AvgIpc) is 3.38. The molecule has 0 radical (unpaired) electrons. The number of nitrogens with zero attached hydrogens (tertiary/aromatic N) is 4. The number of rotatable bonds is 4. The molecule has 2 aliphatic heterocycles. The highest BCUT2D eigenvalue weighted by atomic mass is 32.1. The van der Waals surface area contributed by atoms with Gasteiger partial charge in [0.1, 0.15) is 6.04 Å². The van der Waals surface area contributed by atoms with Crippen LogP contribution in [0, 0.1) is 11.8 Å². The van der Waals surface area contributed by atoms with E-state index in [0.717, 1.165) is 43.9 Å². The predicted octanol–water partition coefficient (Wildman–Crippen LogP) is 2.57. The molecule has 2 saturated heterocycles. The Hall–Kier alpha value is -1.70. The third kappa shape index (κ3) is 3.68. The number of anilines is 2. The van der Waals surface area contributed by atoms with Gasteiger partial charge in [-0.05, 0) is 37.5 Å². The minimum atomic E-state index is -0.176. The van der Waals surface area contributed by atoms with Gasteiger partial charge in [-0.3, -0.25) is 14.5 Å². The zero-order valence-electron chi connectivity index (χ0n) is 16.2. The Kier molecular flexibility index (Phi) is 5.34. The van der Waals surface area contributed by atoms with Gasteiger partial charge in [0, 0.05) is 25.6 Å². The summed E-state index contributed by atoms with van der Waals surface area (Å²) >= 11 is 1.43. The van der Waals surface area contributed by atoms with E-state index in [9.17, 15) is 9.59 Å². The van der Waals surface area contributed by atoms with E-state index in [2.05, 4.69) is 34.3 Å². The fourth-order valence-corrected chi connectivity index (χ4v) is 5.58. The fourth-order valence-electron chi connectivity index (χ4n) is 4.62. The van der Waals surface area contributed by atoms with Crippen LogP contribution in [-0.4, -0.2) is 47.2 Å². The monoisotopic (exact) mass is 391 g/mol. The first-order valence-corrected chi connectivity index (χ1v) is 11.1. The molecule has 4 rings (SSSR count). The number of carbonyl (C=O) groups is 2. The molecule has 0 bridgehead atoms. The number of amides is 2. The van der Waals surface area contributed by atoms with E-state index >= 15 is 0 Å². The van der Waals surface area contributed by atoms with Gasteiger partial charge in [-0.2, -0.15) is 0 Å². The summed E-state index contributed by atoms with van der Waals surface area (Å²) in [4.78, 5) is 28.7. The van der Waals surface area contributed by atoms with Crippen LogP contribution >= 0.6 is 11.3 Å². The lowest BCUT2D eigenvalue weighted by Gasteiger charge is -2.36. The first-order chi connectivity index (χ1) is 13.0. The molecule has 1 aliphatic carbocycles. The summed E-state index contributed by atoms with van der Waals surface area (Å²) in [7, 11) is 0. The van der Waals surface area contributed by atoms with Crippen LogP contribution in [0.15, 0.2) is 0 Å². The van der Waals surface area contributed by atoms with Gasteiger partial charge in [-0.25, -0.2) is 0 Å². The molecule has 7 nitrogen and oxygen atoms in total. The molecule has 148 valence electrons. The molecule has 3 fully saturated rings. The molecule has 4 unspecified atom stereocenters. The van der Waals surface area contributed by atoms with E-state index in [0.29, 0.717) is 23.4 Å². The summed E-state index contributed by atoms with van der Waals surface area (Å²) in [6, 6.07) is 0.0976. The maximum atomic E-state index is 13.0. The van der Waals surface area contributed by atoms with Crippen molar-refractivity contribution in [3.63, 3.8) is 0 Å². The molecule has 1 aromatic heterocycles. The number of carbonyl (C=O) groups excluding carboxylic acids is 2. The van der Waals surface area contributed by atoms with Crippen LogP contribution in [0.1, 0.15) is 58.8 Å². The van der Waals surface area contributed by atoms with E-state index in [1.165, 1.54) is 24.2 Å². The third-order valence-corrected chi connectivity index (χ3v) is 7.53. The van der Waals surface area contributed by atoms with Crippen molar-refractivity contribution in [2.45, 2.75) is 70.9 Å². The molecule has 27 heavy (non-hydrogen) atoms. The Morgan fingerprint density at radius 3 is 2.67 bits per heavy atom. The smallest absolute Gasteiger partial charge is 0.243 e. The molecule has 3 aliphatic rings. The van der Waals surface area contributed by atoms with Gasteiger partial charge in [-0.15, -0.1) is 10.2 Å². The van der Waals surface area contributed by atoms with Gasteiger partial charge in [0.2, 0.25) is 22.1 Å². The summed E-state index contributed by atoms with van der Waals surface area (Å²) in [6.45, 7) is 6.07. The van der Waals surface area contributed by atoms with Crippen molar-refractivity contribution in [1.82, 2.24) is 15.5 Å². The molecule has 0 aromatic carbocycles. The van der Waals surface area contributed by atoms with Crippen molar-refractivity contribution in [1.29, 1.82) is 0 Å². The zero-order valence-corrected chi connectivity index (χ0v) is 17.0. The van der Waals surface area contributed by atoms with Crippen LogP contribution in [0.5, 0.6) is 0 Å². The highest BCUT2D eigenvalue weighted by Gasteiger charge is 2.36. The lowest BCUT2D eigenvalue weighted by molar-refractivity contribution is -0.123. The maximum Gasteiger partial charge on any atom is 0.243 e. The van der Waals surface area contributed by atoms with Crippen molar-refractivity contribution in [3.05, 3.63) is 0 Å². The van der Waals surface area contributed by atoms with Gasteiger partial charge in [0.05, 0.1) is 0 Å². The van der Waals surface area contributed by atoms with Crippen LogP contribution in [0.4, 0.5) is 10.3 Å². The van der Waals surface area contributed by atoms with Crippen LogP contribution in [-0.2, 0) is 9.59 Å². The third-order valence-electron chi connectivity index (χ3n) is 6.54. The van der Waals surface area contributed by atoms with E-state index in [-0.39, 0.29) is 23.9 Å².